The highest BCUT2D eigenvalue weighted by Gasteiger charge is 2.58. The molecule has 6 heteroatoms. The average molecular weight is 680 g/mol. The van der Waals surface area contributed by atoms with Crippen LogP contribution < -0.4 is 4.74 Å². The summed E-state index contributed by atoms with van der Waals surface area (Å²) in [5.41, 5.74) is 3.40. The van der Waals surface area contributed by atoms with Crippen LogP contribution >= 0.6 is 0 Å². The van der Waals surface area contributed by atoms with Gasteiger partial charge >= 0.3 is 0 Å². The lowest BCUT2D eigenvalue weighted by Crippen LogP contribution is -2.49. The third-order valence-electron chi connectivity index (χ3n) is 13.5. The fourth-order valence-electron chi connectivity index (χ4n) is 10.6. The maximum absolute atomic E-state index is 12.3. The molecule has 49 heavy (non-hydrogen) atoms. The first kappa shape index (κ1) is 37.1. The number of fused-ring (bicyclic) bond motifs is 5. The van der Waals surface area contributed by atoms with E-state index < -0.39 is 0 Å². The zero-order valence-corrected chi connectivity index (χ0v) is 31.6. The largest absolute Gasteiger partial charge is 0.465 e. The second-order valence-electron chi connectivity index (χ2n) is 17.0. The molecule has 3 aliphatic carbocycles. The lowest BCUT2D eigenvalue weighted by atomic mass is 9.51. The first-order valence-corrected chi connectivity index (χ1v) is 20.8. The van der Waals surface area contributed by atoms with E-state index in [1.165, 1.54) is 108 Å². The number of hydrogen-bond acceptors (Lipinski definition) is 5. The van der Waals surface area contributed by atoms with Gasteiger partial charge in [0.2, 0.25) is 5.91 Å². The van der Waals surface area contributed by atoms with Crippen LogP contribution in [0.5, 0.6) is 5.75 Å². The average Bonchev–Trinajstić information content (AvgIpc) is 3.44. The van der Waals surface area contributed by atoms with Gasteiger partial charge in [0.15, 0.2) is 12.6 Å². The normalized spacial score (nSPS) is 32.7. The van der Waals surface area contributed by atoms with Crippen molar-refractivity contribution in [2.45, 2.75) is 186 Å². The van der Waals surface area contributed by atoms with Crippen LogP contribution in [-0.2, 0) is 25.4 Å². The molecule has 1 amide bonds. The van der Waals surface area contributed by atoms with Crippen LogP contribution in [0, 0.1) is 23.2 Å². The van der Waals surface area contributed by atoms with Gasteiger partial charge in [-0.15, -0.1) is 0 Å². The smallest absolute Gasteiger partial charge is 0.222 e. The van der Waals surface area contributed by atoms with Crippen molar-refractivity contribution in [3.63, 3.8) is 0 Å². The van der Waals surface area contributed by atoms with Crippen molar-refractivity contribution in [3.05, 3.63) is 29.3 Å². The molecule has 6 nitrogen and oxygen atoms in total. The van der Waals surface area contributed by atoms with Gasteiger partial charge in [-0.05, 0) is 143 Å². The van der Waals surface area contributed by atoms with Crippen LogP contribution in [0.1, 0.15) is 166 Å². The van der Waals surface area contributed by atoms with E-state index in [1.54, 1.807) is 5.56 Å². The van der Waals surface area contributed by atoms with Crippen molar-refractivity contribution in [3.8, 4) is 5.75 Å². The van der Waals surface area contributed by atoms with E-state index in [1.807, 2.05) is 11.9 Å². The predicted octanol–water partition coefficient (Wildman–Crippen LogP) is 10.4. The third kappa shape index (κ3) is 9.24. The van der Waals surface area contributed by atoms with Gasteiger partial charge < -0.3 is 23.8 Å². The molecule has 4 fully saturated rings. The number of nitrogens with zero attached hydrogens (tertiary/aromatic N) is 1. The molecule has 0 bridgehead atoms. The molecule has 2 heterocycles. The monoisotopic (exact) mass is 680 g/mol. The maximum atomic E-state index is 12.3. The van der Waals surface area contributed by atoms with Gasteiger partial charge in [0, 0.05) is 32.5 Å². The molecule has 6 rings (SSSR count). The molecular formula is C43H69NO5. The number of rotatable bonds is 16. The number of hydrogen-bond donors (Lipinski definition) is 0. The zero-order chi connectivity index (χ0) is 34.2. The molecule has 0 spiro atoms. The molecule has 2 unspecified atom stereocenters. The Morgan fingerprint density at radius 3 is 2.27 bits per heavy atom. The summed E-state index contributed by atoms with van der Waals surface area (Å²) in [7, 11) is 1.93. The van der Waals surface area contributed by atoms with Gasteiger partial charge in [0.05, 0.1) is 12.7 Å². The molecule has 0 N–H and O–H groups in total. The predicted molar refractivity (Wildman–Crippen MR) is 197 cm³/mol. The Morgan fingerprint density at radius 1 is 0.878 bits per heavy atom. The van der Waals surface area contributed by atoms with Crippen LogP contribution in [-0.4, -0.2) is 55.8 Å². The fourth-order valence-corrected chi connectivity index (χ4v) is 10.6. The highest BCUT2D eigenvalue weighted by molar-refractivity contribution is 5.76. The molecule has 276 valence electrons. The van der Waals surface area contributed by atoms with Crippen molar-refractivity contribution in [2.75, 3.05) is 20.3 Å². The maximum Gasteiger partial charge on any atom is 0.222 e. The molecule has 2 saturated heterocycles. The standard InChI is InChI=1S/C43H69NO5/c1-31(2)44(4)39(45)18-12-10-8-6-5-7-9-11-17-33-30-43(3)37(25-26-38(43)49-41-20-14-16-28-47-41)36-23-21-32-29-34(22-24-35(32)42(33)36)48-40-19-13-15-27-46-40/h22,24,29,31,33,36-38,40-42H,5-21,23,25-28,30H2,1-4H3/t33-,36-,37-,38-,40?,41?,42+,43-/m0/s1. The first-order valence-electron chi connectivity index (χ1n) is 20.8. The molecule has 1 aromatic rings. The number of aryl methyl sites for hydroxylation is 1. The molecule has 8 atom stereocenters. The SMILES string of the molecule is CC(C)N(C)C(=O)CCCCCCCCCC[C@H]1C[C@]2(C)[C@@H](OC3CCCCO3)CC[C@H]2[C@@H]2CCc3cc(OC4CCCCO4)ccc3[C@@H]12. The zero-order valence-electron chi connectivity index (χ0n) is 31.6. The Balaban J connectivity index is 1.05. The van der Waals surface area contributed by atoms with Gasteiger partial charge in [-0.2, -0.15) is 0 Å². The fraction of sp³-hybridized carbons (Fsp3) is 0.837. The minimum atomic E-state index is -0.0872. The Bertz CT molecular complexity index is 1170. The Hall–Kier alpha value is -1.63. The highest BCUT2D eigenvalue weighted by Crippen LogP contribution is 2.64. The summed E-state index contributed by atoms with van der Waals surface area (Å²) in [4.78, 5) is 14.1. The first-order chi connectivity index (χ1) is 23.8. The summed E-state index contributed by atoms with van der Waals surface area (Å²) in [6.45, 7) is 8.45. The number of carbonyl (C=O) groups excluding carboxylic acids is 1. The number of ether oxygens (including phenoxy) is 4. The van der Waals surface area contributed by atoms with Gasteiger partial charge in [-0.25, -0.2) is 0 Å². The van der Waals surface area contributed by atoms with Crippen molar-refractivity contribution < 1.29 is 23.7 Å². The minimum absolute atomic E-state index is 0.00557. The number of benzene rings is 1. The molecule has 2 aliphatic heterocycles. The summed E-state index contributed by atoms with van der Waals surface area (Å²) in [6, 6.07) is 7.37. The van der Waals surface area contributed by atoms with E-state index in [2.05, 4.69) is 39.0 Å². The van der Waals surface area contributed by atoms with Crippen LogP contribution in [0.3, 0.4) is 0 Å². The van der Waals surface area contributed by atoms with Crippen molar-refractivity contribution in [1.82, 2.24) is 4.90 Å². The Kier molecular flexibility index (Phi) is 13.4. The second kappa shape index (κ2) is 17.7. The van der Waals surface area contributed by atoms with Crippen LogP contribution in [0.4, 0.5) is 0 Å². The summed E-state index contributed by atoms with van der Waals surface area (Å²) in [5.74, 6) is 4.14. The number of amides is 1. The van der Waals surface area contributed by atoms with Crippen LogP contribution in [0.2, 0.25) is 0 Å². The molecule has 5 aliphatic rings. The second-order valence-corrected chi connectivity index (χ2v) is 17.0. The van der Waals surface area contributed by atoms with E-state index in [9.17, 15) is 4.79 Å². The Labute approximate surface area is 298 Å². The lowest BCUT2D eigenvalue weighted by Gasteiger charge is -2.54. The quantitative estimate of drug-likeness (QED) is 0.163. The minimum Gasteiger partial charge on any atom is -0.465 e. The van der Waals surface area contributed by atoms with E-state index in [0.29, 0.717) is 36.3 Å². The van der Waals surface area contributed by atoms with Crippen molar-refractivity contribution >= 4 is 5.91 Å². The third-order valence-corrected chi connectivity index (χ3v) is 13.5. The number of unbranched alkanes of at least 4 members (excludes halogenated alkanes) is 7. The summed E-state index contributed by atoms with van der Waals surface area (Å²) >= 11 is 0. The van der Waals surface area contributed by atoms with E-state index >= 15 is 0 Å². The van der Waals surface area contributed by atoms with Crippen LogP contribution in [0.15, 0.2) is 18.2 Å². The van der Waals surface area contributed by atoms with Crippen molar-refractivity contribution in [1.29, 1.82) is 0 Å². The number of carbonyl (C=O) groups is 1. The molecular weight excluding hydrogens is 610 g/mol. The molecule has 0 aromatic heterocycles. The van der Waals surface area contributed by atoms with Gasteiger partial charge in [0.25, 0.3) is 0 Å². The highest BCUT2D eigenvalue weighted by atomic mass is 16.7. The summed E-state index contributed by atoms with van der Waals surface area (Å²) in [6.07, 6.45) is 25.4. The summed E-state index contributed by atoms with van der Waals surface area (Å²) < 4.78 is 25.2. The Morgan fingerprint density at radius 2 is 1.57 bits per heavy atom. The van der Waals surface area contributed by atoms with E-state index in [4.69, 9.17) is 18.9 Å². The van der Waals surface area contributed by atoms with Crippen LogP contribution in [0.25, 0.3) is 0 Å². The topological polar surface area (TPSA) is 57.2 Å². The summed E-state index contributed by atoms with van der Waals surface area (Å²) in [5, 5.41) is 0. The molecule has 2 saturated carbocycles. The lowest BCUT2D eigenvalue weighted by molar-refractivity contribution is -0.215. The van der Waals surface area contributed by atoms with Crippen molar-refractivity contribution in [2.24, 2.45) is 23.2 Å². The van der Waals surface area contributed by atoms with E-state index in [-0.39, 0.29) is 18.0 Å². The van der Waals surface area contributed by atoms with Gasteiger partial charge in [0.1, 0.15) is 5.75 Å². The van der Waals surface area contributed by atoms with Gasteiger partial charge in [-0.3, -0.25) is 4.79 Å². The molecule has 1 aromatic carbocycles. The van der Waals surface area contributed by atoms with E-state index in [0.717, 1.165) is 56.5 Å². The van der Waals surface area contributed by atoms with Gasteiger partial charge in [-0.1, -0.05) is 57.9 Å². The molecule has 0 radical (unpaired) electrons.